The second-order valence-corrected chi connectivity index (χ2v) is 4.36. The van der Waals surface area contributed by atoms with E-state index in [-0.39, 0.29) is 0 Å². The Bertz CT molecular complexity index is 466. The smallest absolute Gasteiger partial charge is 0.0528 e. The summed E-state index contributed by atoms with van der Waals surface area (Å²) in [6.45, 7) is 0.579. The summed E-state index contributed by atoms with van der Waals surface area (Å²) in [6, 6.07) is 16.1. The largest absolute Gasteiger partial charge is 0.355 e. The van der Waals surface area contributed by atoms with Gasteiger partial charge in [0.1, 0.15) is 0 Å². The Morgan fingerprint density at radius 3 is 2.31 bits per heavy atom. The van der Waals surface area contributed by atoms with Crippen molar-refractivity contribution < 1.29 is 0 Å². The molecule has 82 valence electrons. The van der Waals surface area contributed by atoms with Gasteiger partial charge < -0.3 is 11.1 Å². The summed E-state index contributed by atoms with van der Waals surface area (Å²) in [4.78, 5) is 0. The van der Waals surface area contributed by atoms with Crippen molar-refractivity contribution in [3.05, 3.63) is 58.6 Å². The number of anilines is 2. The second kappa shape index (κ2) is 5.14. The first-order chi connectivity index (χ1) is 7.79. The predicted molar refractivity (Wildman–Crippen MR) is 71.8 cm³/mol. The molecule has 0 atom stereocenters. The van der Waals surface area contributed by atoms with Crippen LogP contribution in [0.15, 0.2) is 53.0 Å². The number of halogens is 1. The van der Waals surface area contributed by atoms with Gasteiger partial charge in [-0.2, -0.15) is 0 Å². The van der Waals surface area contributed by atoms with E-state index < -0.39 is 0 Å². The summed E-state index contributed by atoms with van der Waals surface area (Å²) in [6.07, 6.45) is 0. The monoisotopic (exact) mass is 276 g/mol. The molecule has 0 aliphatic carbocycles. The predicted octanol–water partition coefficient (Wildman–Crippen LogP) is 3.65. The highest BCUT2D eigenvalue weighted by Crippen LogP contribution is 2.25. The fourth-order valence-corrected chi connectivity index (χ4v) is 1.83. The normalized spacial score (nSPS) is 10.1. The number of nitrogens with two attached hydrogens (primary N) is 1. The molecular weight excluding hydrogens is 264 g/mol. The molecule has 2 aromatic rings. The summed E-state index contributed by atoms with van der Waals surface area (Å²) >= 11 is 3.50. The van der Waals surface area contributed by atoms with Gasteiger partial charge in [0.15, 0.2) is 0 Å². The Hall–Kier alpha value is -1.32. The standard InChI is InChI=1S/C13H13BrN2/c14-12-3-1-2-4-13(12)16-11-7-5-10(9-15)6-8-11/h1-8,16H,9,15H2. The number of para-hydroxylation sites is 1. The van der Waals surface area contributed by atoms with E-state index in [1.54, 1.807) is 0 Å². The van der Waals surface area contributed by atoms with Gasteiger partial charge >= 0.3 is 0 Å². The molecule has 3 heteroatoms. The van der Waals surface area contributed by atoms with Crippen molar-refractivity contribution in [1.29, 1.82) is 0 Å². The first kappa shape index (κ1) is 11.2. The van der Waals surface area contributed by atoms with Crippen molar-refractivity contribution in [2.75, 3.05) is 5.32 Å². The maximum Gasteiger partial charge on any atom is 0.0528 e. The zero-order valence-corrected chi connectivity index (χ0v) is 10.4. The summed E-state index contributed by atoms with van der Waals surface area (Å²) in [5.41, 5.74) is 8.80. The van der Waals surface area contributed by atoms with Crippen molar-refractivity contribution in [2.45, 2.75) is 6.54 Å². The molecule has 2 nitrogen and oxygen atoms in total. The maximum absolute atomic E-state index is 5.55. The van der Waals surface area contributed by atoms with E-state index >= 15 is 0 Å². The minimum atomic E-state index is 0.579. The Morgan fingerprint density at radius 1 is 1.00 bits per heavy atom. The van der Waals surface area contributed by atoms with Crippen LogP contribution in [0.25, 0.3) is 0 Å². The molecule has 0 heterocycles. The van der Waals surface area contributed by atoms with Crippen molar-refractivity contribution in [1.82, 2.24) is 0 Å². The van der Waals surface area contributed by atoms with Gasteiger partial charge in [-0.25, -0.2) is 0 Å². The molecule has 0 aliphatic heterocycles. The molecule has 0 saturated heterocycles. The van der Waals surface area contributed by atoms with Crippen molar-refractivity contribution in [3.8, 4) is 0 Å². The van der Waals surface area contributed by atoms with Crippen LogP contribution in [0.5, 0.6) is 0 Å². The molecule has 0 aromatic heterocycles. The molecule has 0 aliphatic rings. The van der Waals surface area contributed by atoms with Gasteiger partial charge in [0.05, 0.1) is 5.69 Å². The number of nitrogens with one attached hydrogen (secondary N) is 1. The number of rotatable bonds is 3. The summed E-state index contributed by atoms with van der Waals surface area (Å²) in [5.74, 6) is 0. The van der Waals surface area contributed by atoms with Crippen LogP contribution in [0.3, 0.4) is 0 Å². The zero-order chi connectivity index (χ0) is 11.4. The molecule has 0 unspecified atom stereocenters. The molecule has 0 spiro atoms. The minimum absolute atomic E-state index is 0.579. The molecule has 0 amide bonds. The molecule has 2 rings (SSSR count). The van der Waals surface area contributed by atoms with Crippen LogP contribution in [0.4, 0.5) is 11.4 Å². The fraction of sp³-hybridized carbons (Fsp3) is 0.0769. The molecule has 0 fully saturated rings. The van der Waals surface area contributed by atoms with E-state index in [2.05, 4.69) is 21.2 Å². The lowest BCUT2D eigenvalue weighted by Crippen LogP contribution is -1.96. The van der Waals surface area contributed by atoms with Crippen molar-refractivity contribution in [2.24, 2.45) is 5.73 Å². The van der Waals surface area contributed by atoms with Crippen LogP contribution in [0, 0.1) is 0 Å². The summed E-state index contributed by atoms with van der Waals surface area (Å²) < 4.78 is 1.05. The van der Waals surface area contributed by atoms with Gasteiger partial charge in [0.2, 0.25) is 0 Å². The van der Waals surface area contributed by atoms with Crippen LogP contribution < -0.4 is 11.1 Å². The molecule has 0 saturated carbocycles. The van der Waals surface area contributed by atoms with E-state index in [1.807, 2.05) is 48.5 Å². The van der Waals surface area contributed by atoms with Gasteiger partial charge in [-0.15, -0.1) is 0 Å². The third-order valence-electron chi connectivity index (χ3n) is 2.34. The van der Waals surface area contributed by atoms with Gasteiger partial charge in [0.25, 0.3) is 0 Å². The van der Waals surface area contributed by atoms with Crippen LogP contribution >= 0.6 is 15.9 Å². The third kappa shape index (κ3) is 2.62. The first-order valence-corrected chi connectivity index (χ1v) is 5.89. The van der Waals surface area contributed by atoms with Crippen molar-refractivity contribution in [3.63, 3.8) is 0 Å². The van der Waals surface area contributed by atoms with E-state index in [9.17, 15) is 0 Å². The Balaban J connectivity index is 2.18. The third-order valence-corrected chi connectivity index (χ3v) is 3.03. The average molecular weight is 277 g/mol. The number of benzene rings is 2. The minimum Gasteiger partial charge on any atom is -0.355 e. The van der Waals surface area contributed by atoms with Crippen molar-refractivity contribution >= 4 is 27.3 Å². The molecule has 16 heavy (non-hydrogen) atoms. The lowest BCUT2D eigenvalue weighted by Gasteiger charge is -2.08. The SMILES string of the molecule is NCc1ccc(Nc2ccccc2Br)cc1. The lowest BCUT2D eigenvalue weighted by atomic mass is 10.2. The van der Waals surface area contributed by atoms with E-state index in [0.29, 0.717) is 6.54 Å². The summed E-state index contributed by atoms with van der Waals surface area (Å²) in [5, 5.41) is 3.34. The quantitative estimate of drug-likeness (QED) is 0.898. The summed E-state index contributed by atoms with van der Waals surface area (Å²) in [7, 11) is 0. The average Bonchev–Trinajstić information content (AvgIpc) is 2.33. The highest BCUT2D eigenvalue weighted by atomic mass is 79.9. The Kier molecular flexibility index (Phi) is 3.59. The van der Waals surface area contributed by atoms with Gasteiger partial charge in [-0.3, -0.25) is 0 Å². The first-order valence-electron chi connectivity index (χ1n) is 5.10. The van der Waals surface area contributed by atoms with E-state index in [1.165, 1.54) is 0 Å². The van der Waals surface area contributed by atoms with Gasteiger partial charge in [0, 0.05) is 16.7 Å². The fourth-order valence-electron chi connectivity index (χ4n) is 1.44. The second-order valence-electron chi connectivity index (χ2n) is 3.51. The highest BCUT2D eigenvalue weighted by molar-refractivity contribution is 9.10. The molecular formula is C13H13BrN2. The maximum atomic E-state index is 5.55. The Morgan fingerprint density at radius 2 is 1.69 bits per heavy atom. The van der Waals surface area contributed by atoms with Crippen LogP contribution in [-0.2, 0) is 6.54 Å². The molecule has 3 N–H and O–H groups in total. The highest BCUT2D eigenvalue weighted by Gasteiger charge is 1.98. The molecule has 0 radical (unpaired) electrons. The van der Waals surface area contributed by atoms with Gasteiger partial charge in [-0.1, -0.05) is 24.3 Å². The molecule has 2 aromatic carbocycles. The topological polar surface area (TPSA) is 38.0 Å². The van der Waals surface area contributed by atoms with Crippen LogP contribution in [0.1, 0.15) is 5.56 Å². The number of hydrogen-bond donors (Lipinski definition) is 2. The van der Waals surface area contributed by atoms with Crippen LogP contribution in [-0.4, -0.2) is 0 Å². The Labute approximate surface area is 104 Å². The molecule has 0 bridgehead atoms. The van der Waals surface area contributed by atoms with Gasteiger partial charge in [-0.05, 0) is 45.8 Å². The number of hydrogen-bond acceptors (Lipinski definition) is 2. The van der Waals surface area contributed by atoms with Crippen LogP contribution in [0.2, 0.25) is 0 Å². The van der Waals surface area contributed by atoms with E-state index in [4.69, 9.17) is 5.73 Å². The zero-order valence-electron chi connectivity index (χ0n) is 8.78. The lowest BCUT2D eigenvalue weighted by molar-refractivity contribution is 1.07. The van der Waals surface area contributed by atoms with E-state index in [0.717, 1.165) is 21.4 Å².